The first-order valence-corrected chi connectivity index (χ1v) is 7.54. The highest BCUT2D eigenvalue weighted by Gasteiger charge is 2.36. The Morgan fingerprint density at radius 1 is 1.20 bits per heavy atom. The molecule has 1 heterocycles. The average molecular weight is 274 g/mol. The summed E-state index contributed by atoms with van der Waals surface area (Å²) in [5.74, 6) is 1.03. The summed E-state index contributed by atoms with van der Waals surface area (Å²) in [6.07, 6.45) is 7.36. The molecule has 2 rings (SSSR count). The number of rotatable bonds is 3. The van der Waals surface area contributed by atoms with E-state index in [4.69, 9.17) is 0 Å². The number of piperidine rings is 1. The fourth-order valence-electron chi connectivity index (χ4n) is 3.35. The lowest BCUT2D eigenvalue weighted by Crippen LogP contribution is -2.47. The zero-order valence-corrected chi connectivity index (χ0v) is 11.7. The molecule has 1 saturated heterocycles. The SMILES string of the molecule is CC(C)(CBr)CN1CCCC2CCCC21. The predicted octanol–water partition coefficient (Wildman–Crippen LogP) is 3.67. The lowest BCUT2D eigenvalue weighted by atomic mass is 9.88. The van der Waals surface area contributed by atoms with Gasteiger partial charge in [0.15, 0.2) is 0 Å². The summed E-state index contributed by atoms with van der Waals surface area (Å²) in [6.45, 7) is 7.37. The van der Waals surface area contributed by atoms with Crippen LogP contribution in [-0.2, 0) is 0 Å². The Kier molecular flexibility index (Phi) is 3.77. The standard InChI is InChI=1S/C13H24BrN/c1-13(2,9-14)10-15-8-4-6-11-5-3-7-12(11)15/h11-12H,3-10H2,1-2H3. The molecule has 0 N–H and O–H groups in total. The van der Waals surface area contributed by atoms with Crippen molar-refractivity contribution in [2.45, 2.75) is 52.0 Å². The van der Waals surface area contributed by atoms with Crippen molar-refractivity contribution in [2.75, 3.05) is 18.4 Å². The molecule has 0 aromatic carbocycles. The Balaban J connectivity index is 1.96. The fourth-order valence-corrected chi connectivity index (χ4v) is 3.52. The van der Waals surface area contributed by atoms with Gasteiger partial charge in [0, 0.05) is 17.9 Å². The quantitative estimate of drug-likeness (QED) is 0.710. The number of hydrogen-bond donors (Lipinski definition) is 0. The van der Waals surface area contributed by atoms with Crippen molar-refractivity contribution in [1.82, 2.24) is 4.90 Å². The van der Waals surface area contributed by atoms with Crippen molar-refractivity contribution in [3.8, 4) is 0 Å². The van der Waals surface area contributed by atoms with E-state index >= 15 is 0 Å². The molecule has 0 amide bonds. The molecule has 1 nitrogen and oxygen atoms in total. The van der Waals surface area contributed by atoms with Gasteiger partial charge in [0.05, 0.1) is 0 Å². The number of halogens is 1. The van der Waals surface area contributed by atoms with E-state index in [0.29, 0.717) is 5.41 Å². The Morgan fingerprint density at radius 3 is 2.67 bits per heavy atom. The monoisotopic (exact) mass is 273 g/mol. The first kappa shape index (κ1) is 11.9. The van der Waals surface area contributed by atoms with Crippen LogP contribution in [0.2, 0.25) is 0 Å². The van der Waals surface area contributed by atoms with Crippen LogP contribution in [0, 0.1) is 11.3 Å². The van der Waals surface area contributed by atoms with Crippen LogP contribution in [0.1, 0.15) is 46.0 Å². The van der Waals surface area contributed by atoms with E-state index in [1.54, 1.807) is 0 Å². The van der Waals surface area contributed by atoms with Gasteiger partial charge in [-0.1, -0.05) is 36.2 Å². The third-order valence-electron chi connectivity index (χ3n) is 4.10. The van der Waals surface area contributed by atoms with Gasteiger partial charge in [0.25, 0.3) is 0 Å². The summed E-state index contributed by atoms with van der Waals surface area (Å²) in [4.78, 5) is 2.78. The maximum absolute atomic E-state index is 3.64. The number of hydrogen-bond acceptors (Lipinski definition) is 1. The van der Waals surface area contributed by atoms with Gasteiger partial charge in [-0.25, -0.2) is 0 Å². The Labute approximate surface area is 103 Å². The fraction of sp³-hybridized carbons (Fsp3) is 1.00. The van der Waals surface area contributed by atoms with Crippen LogP contribution in [0.5, 0.6) is 0 Å². The largest absolute Gasteiger partial charge is 0.300 e. The number of likely N-dealkylation sites (tertiary alicyclic amines) is 1. The molecular weight excluding hydrogens is 250 g/mol. The molecule has 1 saturated carbocycles. The molecule has 0 aromatic heterocycles. The topological polar surface area (TPSA) is 3.24 Å². The molecule has 1 aliphatic heterocycles. The molecule has 2 heteroatoms. The predicted molar refractivity (Wildman–Crippen MR) is 69.5 cm³/mol. The van der Waals surface area contributed by atoms with Crippen LogP contribution >= 0.6 is 15.9 Å². The first-order valence-electron chi connectivity index (χ1n) is 6.42. The highest BCUT2D eigenvalue weighted by atomic mass is 79.9. The van der Waals surface area contributed by atoms with E-state index in [1.165, 1.54) is 45.2 Å². The van der Waals surface area contributed by atoms with Gasteiger partial charge in [0.2, 0.25) is 0 Å². The highest BCUT2D eigenvalue weighted by Crippen LogP contribution is 2.38. The van der Waals surface area contributed by atoms with Gasteiger partial charge in [-0.3, -0.25) is 4.90 Å². The van der Waals surface area contributed by atoms with Gasteiger partial charge in [-0.2, -0.15) is 0 Å². The van der Waals surface area contributed by atoms with Crippen molar-refractivity contribution in [3.05, 3.63) is 0 Å². The van der Waals surface area contributed by atoms with Gasteiger partial charge in [0.1, 0.15) is 0 Å². The van der Waals surface area contributed by atoms with Crippen LogP contribution in [0.25, 0.3) is 0 Å². The number of alkyl halides is 1. The van der Waals surface area contributed by atoms with E-state index in [-0.39, 0.29) is 0 Å². The molecule has 2 unspecified atom stereocenters. The van der Waals surface area contributed by atoms with Crippen molar-refractivity contribution >= 4 is 15.9 Å². The lowest BCUT2D eigenvalue weighted by molar-refractivity contribution is 0.0790. The zero-order chi connectivity index (χ0) is 10.9. The second-order valence-corrected chi connectivity index (χ2v) is 6.73. The molecule has 0 spiro atoms. The summed E-state index contributed by atoms with van der Waals surface area (Å²) in [7, 11) is 0. The van der Waals surface area contributed by atoms with E-state index < -0.39 is 0 Å². The highest BCUT2D eigenvalue weighted by molar-refractivity contribution is 9.09. The average Bonchev–Trinajstić information content (AvgIpc) is 2.66. The minimum atomic E-state index is 0.435. The van der Waals surface area contributed by atoms with E-state index in [1.807, 2.05) is 0 Å². The maximum Gasteiger partial charge on any atom is 0.0124 e. The van der Waals surface area contributed by atoms with Gasteiger partial charge in [-0.15, -0.1) is 0 Å². The van der Waals surface area contributed by atoms with Crippen LogP contribution in [0.3, 0.4) is 0 Å². The second kappa shape index (κ2) is 4.75. The van der Waals surface area contributed by atoms with Crippen LogP contribution in [0.15, 0.2) is 0 Å². The van der Waals surface area contributed by atoms with E-state index in [2.05, 4.69) is 34.7 Å². The summed E-state index contributed by atoms with van der Waals surface area (Å²) < 4.78 is 0. The van der Waals surface area contributed by atoms with Crippen molar-refractivity contribution in [1.29, 1.82) is 0 Å². The number of nitrogens with zero attached hydrogens (tertiary/aromatic N) is 1. The normalized spacial score (nSPS) is 33.0. The van der Waals surface area contributed by atoms with E-state index in [9.17, 15) is 0 Å². The molecule has 15 heavy (non-hydrogen) atoms. The smallest absolute Gasteiger partial charge is 0.0124 e. The second-order valence-electron chi connectivity index (χ2n) is 6.17. The van der Waals surface area contributed by atoms with Crippen LogP contribution in [0.4, 0.5) is 0 Å². The first-order chi connectivity index (χ1) is 7.12. The minimum Gasteiger partial charge on any atom is -0.300 e. The molecular formula is C13H24BrN. The third kappa shape index (κ3) is 2.76. The minimum absolute atomic E-state index is 0.435. The Morgan fingerprint density at radius 2 is 1.93 bits per heavy atom. The molecule has 2 fully saturated rings. The molecule has 0 radical (unpaired) electrons. The number of fused-ring (bicyclic) bond motifs is 1. The lowest BCUT2D eigenvalue weighted by Gasteiger charge is -2.41. The molecule has 2 atom stereocenters. The maximum atomic E-state index is 3.64. The summed E-state index contributed by atoms with van der Waals surface area (Å²) >= 11 is 3.64. The zero-order valence-electron chi connectivity index (χ0n) is 10.1. The molecule has 88 valence electrons. The van der Waals surface area contributed by atoms with Crippen LogP contribution in [-0.4, -0.2) is 29.4 Å². The van der Waals surface area contributed by atoms with Crippen LogP contribution < -0.4 is 0 Å². The summed E-state index contributed by atoms with van der Waals surface area (Å²) in [6, 6.07) is 0.928. The van der Waals surface area contributed by atoms with Gasteiger partial charge >= 0.3 is 0 Å². The summed E-state index contributed by atoms with van der Waals surface area (Å²) in [5.41, 5.74) is 0.435. The Hall–Kier alpha value is 0.440. The third-order valence-corrected chi connectivity index (χ3v) is 5.62. The molecule has 2 aliphatic rings. The molecule has 0 aromatic rings. The van der Waals surface area contributed by atoms with Crippen molar-refractivity contribution in [2.24, 2.45) is 11.3 Å². The van der Waals surface area contributed by atoms with Gasteiger partial charge < -0.3 is 0 Å². The summed E-state index contributed by atoms with van der Waals surface area (Å²) in [5, 5.41) is 1.12. The van der Waals surface area contributed by atoms with Crippen molar-refractivity contribution in [3.63, 3.8) is 0 Å². The Bertz CT molecular complexity index is 215. The van der Waals surface area contributed by atoms with E-state index in [0.717, 1.165) is 17.3 Å². The van der Waals surface area contributed by atoms with Crippen molar-refractivity contribution < 1.29 is 0 Å². The molecule has 1 aliphatic carbocycles. The molecule has 0 bridgehead atoms. The van der Waals surface area contributed by atoms with Gasteiger partial charge in [-0.05, 0) is 43.6 Å².